The highest BCUT2D eigenvalue weighted by atomic mass is 16.5. The van der Waals surface area contributed by atoms with Crippen molar-refractivity contribution in [1.29, 1.82) is 0 Å². The molecule has 19 heavy (non-hydrogen) atoms. The van der Waals surface area contributed by atoms with Gasteiger partial charge in [0.15, 0.2) is 0 Å². The summed E-state index contributed by atoms with van der Waals surface area (Å²) in [6.07, 6.45) is 12.2. The number of nitrogens with one attached hydrogen (secondary N) is 1. The van der Waals surface area contributed by atoms with Gasteiger partial charge in [0.2, 0.25) is 0 Å². The Morgan fingerprint density at radius 3 is 2.68 bits per heavy atom. The molecule has 0 aromatic heterocycles. The third-order valence-electron chi connectivity index (χ3n) is 4.38. The summed E-state index contributed by atoms with van der Waals surface area (Å²) >= 11 is 0. The van der Waals surface area contributed by atoms with Gasteiger partial charge in [-0.1, -0.05) is 26.2 Å². The van der Waals surface area contributed by atoms with Crippen molar-refractivity contribution in [3.63, 3.8) is 0 Å². The molecular formula is C16H31NO2. The van der Waals surface area contributed by atoms with Crippen molar-refractivity contribution >= 4 is 0 Å². The van der Waals surface area contributed by atoms with Gasteiger partial charge in [-0.25, -0.2) is 0 Å². The Balaban J connectivity index is 1.75. The van der Waals surface area contributed by atoms with Crippen LogP contribution in [0, 0.1) is 0 Å². The lowest BCUT2D eigenvalue weighted by molar-refractivity contribution is -0.0720. The second-order valence-corrected chi connectivity index (χ2v) is 6.06. The fourth-order valence-electron chi connectivity index (χ4n) is 3.21. The third kappa shape index (κ3) is 5.41. The molecule has 3 atom stereocenters. The molecule has 2 fully saturated rings. The van der Waals surface area contributed by atoms with Gasteiger partial charge in [-0.2, -0.15) is 0 Å². The summed E-state index contributed by atoms with van der Waals surface area (Å²) in [5, 5.41) is 3.68. The molecule has 1 aliphatic heterocycles. The summed E-state index contributed by atoms with van der Waals surface area (Å²) in [6, 6.07) is 0.561. The fraction of sp³-hybridized carbons (Fsp3) is 1.00. The molecule has 2 rings (SSSR count). The summed E-state index contributed by atoms with van der Waals surface area (Å²) < 4.78 is 12.0. The normalized spacial score (nSPS) is 33.0. The monoisotopic (exact) mass is 269 g/mol. The quantitative estimate of drug-likeness (QED) is 0.751. The van der Waals surface area contributed by atoms with Gasteiger partial charge < -0.3 is 14.8 Å². The minimum Gasteiger partial charge on any atom is -0.376 e. The van der Waals surface area contributed by atoms with E-state index in [0.29, 0.717) is 18.2 Å². The summed E-state index contributed by atoms with van der Waals surface area (Å²) in [5.41, 5.74) is 0. The van der Waals surface area contributed by atoms with Gasteiger partial charge in [-0.15, -0.1) is 0 Å². The Kier molecular flexibility index (Phi) is 7.18. The van der Waals surface area contributed by atoms with Crippen LogP contribution in [0.3, 0.4) is 0 Å². The van der Waals surface area contributed by atoms with Gasteiger partial charge in [-0.3, -0.25) is 0 Å². The Morgan fingerprint density at radius 2 is 1.89 bits per heavy atom. The molecular weight excluding hydrogens is 238 g/mol. The van der Waals surface area contributed by atoms with Crippen molar-refractivity contribution in [2.75, 3.05) is 19.8 Å². The van der Waals surface area contributed by atoms with Gasteiger partial charge in [0.05, 0.1) is 18.8 Å². The lowest BCUT2D eigenvalue weighted by atomic mass is 10.1. The zero-order chi connectivity index (χ0) is 13.3. The lowest BCUT2D eigenvalue weighted by Crippen LogP contribution is -2.42. The van der Waals surface area contributed by atoms with E-state index in [0.717, 1.165) is 19.8 Å². The summed E-state index contributed by atoms with van der Waals surface area (Å²) in [6.45, 7) is 5.07. The van der Waals surface area contributed by atoms with Crippen LogP contribution in [0.4, 0.5) is 0 Å². The molecule has 0 radical (unpaired) electrons. The van der Waals surface area contributed by atoms with Crippen molar-refractivity contribution in [1.82, 2.24) is 5.32 Å². The van der Waals surface area contributed by atoms with E-state index in [9.17, 15) is 0 Å². The molecule has 112 valence electrons. The average Bonchev–Trinajstić information content (AvgIpc) is 2.69. The molecule has 0 bridgehead atoms. The first-order chi connectivity index (χ1) is 9.40. The molecule has 1 aliphatic carbocycles. The van der Waals surface area contributed by atoms with Crippen LogP contribution < -0.4 is 5.32 Å². The summed E-state index contributed by atoms with van der Waals surface area (Å²) in [7, 11) is 0. The second kappa shape index (κ2) is 8.93. The van der Waals surface area contributed by atoms with Crippen molar-refractivity contribution in [3.05, 3.63) is 0 Å². The molecule has 3 nitrogen and oxygen atoms in total. The molecule has 1 heterocycles. The SMILES string of the molecule is CCCNC1CCCCCC1OCC1CCCCO1. The maximum Gasteiger partial charge on any atom is 0.0808 e. The number of rotatable bonds is 6. The average molecular weight is 269 g/mol. The Hall–Kier alpha value is -0.120. The highest BCUT2D eigenvalue weighted by Crippen LogP contribution is 2.22. The molecule has 3 unspecified atom stereocenters. The molecule has 1 saturated heterocycles. The van der Waals surface area contributed by atoms with Crippen LogP contribution in [0.15, 0.2) is 0 Å². The van der Waals surface area contributed by atoms with Crippen LogP contribution in [0.25, 0.3) is 0 Å². The van der Waals surface area contributed by atoms with Gasteiger partial charge in [0, 0.05) is 12.6 Å². The standard InChI is InChI=1S/C16H31NO2/c1-2-11-17-15-9-4-3-5-10-16(15)19-13-14-8-6-7-12-18-14/h14-17H,2-13H2,1H3. The smallest absolute Gasteiger partial charge is 0.0808 e. The fourth-order valence-corrected chi connectivity index (χ4v) is 3.21. The highest BCUT2D eigenvalue weighted by Gasteiger charge is 2.25. The second-order valence-electron chi connectivity index (χ2n) is 6.06. The molecule has 1 saturated carbocycles. The largest absolute Gasteiger partial charge is 0.376 e. The van der Waals surface area contributed by atoms with E-state index >= 15 is 0 Å². The lowest BCUT2D eigenvalue weighted by Gasteiger charge is -2.29. The van der Waals surface area contributed by atoms with E-state index in [1.165, 1.54) is 57.8 Å². The van der Waals surface area contributed by atoms with E-state index in [4.69, 9.17) is 9.47 Å². The van der Waals surface area contributed by atoms with Crippen molar-refractivity contribution in [3.8, 4) is 0 Å². The van der Waals surface area contributed by atoms with Gasteiger partial charge in [0.25, 0.3) is 0 Å². The molecule has 2 aliphatic rings. The van der Waals surface area contributed by atoms with Crippen LogP contribution in [0.5, 0.6) is 0 Å². The van der Waals surface area contributed by atoms with E-state index in [-0.39, 0.29) is 0 Å². The van der Waals surface area contributed by atoms with Crippen LogP contribution >= 0.6 is 0 Å². The van der Waals surface area contributed by atoms with Crippen molar-refractivity contribution in [2.45, 2.75) is 83.0 Å². The molecule has 0 spiro atoms. The Labute approximate surface area is 118 Å². The van der Waals surface area contributed by atoms with E-state index < -0.39 is 0 Å². The topological polar surface area (TPSA) is 30.5 Å². The zero-order valence-electron chi connectivity index (χ0n) is 12.5. The van der Waals surface area contributed by atoms with Crippen LogP contribution in [-0.4, -0.2) is 38.0 Å². The predicted octanol–water partition coefficient (Wildman–Crippen LogP) is 3.27. The van der Waals surface area contributed by atoms with Crippen molar-refractivity contribution in [2.24, 2.45) is 0 Å². The predicted molar refractivity (Wildman–Crippen MR) is 78.5 cm³/mol. The Morgan fingerprint density at radius 1 is 1.05 bits per heavy atom. The molecule has 0 aromatic carbocycles. The van der Waals surface area contributed by atoms with Crippen LogP contribution in [0.1, 0.15) is 64.7 Å². The first kappa shape index (κ1) is 15.3. The number of hydrogen-bond donors (Lipinski definition) is 1. The molecule has 1 N–H and O–H groups in total. The molecule has 0 aromatic rings. The van der Waals surface area contributed by atoms with Crippen molar-refractivity contribution < 1.29 is 9.47 Å². The Bertz CT molecular complexity index is 229. The maximum atomic E-state index is 6.22. The maximum absolute atomic E-state index is 6.22. The number of ether oxygens (including phenoxy) is 2. The zero-order valence-corrected chi connectivity index (χ0v) is 12.5. The molecule has 0 amide bonds. The van der Waals surface area contributed by atoms with Crippen LogP contribution in [-0.2, 0) is 9.47 Å². The number of hydrogen-bond acceptors (Lipinski definition) is 3. The van der Waals surface area contributed by atoms with Gasteiger partial charge in [-0.05, 0) is 45.1 Å². The summed E-state index contributed by atoms with van der Waals surface area (Å²) in [5.74, 6) is 0. The minimum absolute atomic E-state index is 0.351. The van der Waals surface area contributed by atoms with E-state index in [1.54, 1.807) is 0 Å². The highest BCUT2D eigenvalue weighted by molar-refractivity contribution is 4.81. The van der Waals surface area contributed by atoms with Gasteiger partial charge in [0.1, 0.15) is 0 Å². The third-order valence-corrected chi connectivity index (χ3v) is 4.38. The first-order valence-electron chi connectivity index (χ1n) is 8.36. The van der Waals surface area contributed by atoms with Gasteiger partial charge >= 0.3 is 0 Å². The first-order valence-corrected chi connectivity index (χ1v) is 8.36. The molecule has 3 heteroatoms. The van der Waals surface area contributed by atoms with E-state index in [1.807, 2.05) is 0 Å². The van der Waals surface area contributed by atoms with Crippen LogP contribution in [0.2, 0.25) is 0 Å². The summed E-state index contributed by atoms with van der Waals surface area (Å²) in [4.78, 5) is 0. The minimum atomic E-state index is 0.351. The van der Waals surface area contributed by atoms with E-state index in [2.05, 4.69) is 12.2 Å².